The van der Waals surface area contributed by atoms with Crippen LogP contribution in [0.5, 0.6) is 5.75 Å². The molecule has 0 amide bonds. The molecular formula is C6H5ClF2N2O2. The second-order valence-electron chi connectivity index (χ2n) is 2.14. The van der Waals surface area contributed by atoms with Crippen LogP contribution in [0.1, 0.15) is 0 Å². The Labute approximate surface area is 76.4 Å². The van der Waals surface area contributed by atoms with E-state index >= 15 is 0 Å². The minimum atomic E-state index is -3.82. The monoisotopic (exact) mass is 210 g/mol. The first-order valence-corrected chi connectivity index (χ1v) is 3.48. The number of ether oxygens (including phenoxy) is 1. The number of alkyl halides is 3. The molecule has 0 spiro atoms. The fraction of sp³-hybridized carbons (Fsp3) is 0.167. The van der Waals surface area contributed by atoms with Crippen molar-refractivity contribution in [2.45, 2.75) is 5.57 Å². The molecule has 0 saturated heterocycles. The van der Waals surface area contributed by atoms with Gasteiger partial charge in [-0.2, -0.15) is 4.73 Å². The van der Waals surface area contributed by atoms with Gasteiger partial charge in [-0.05, 0) is 12.1 Å². The maximum absolute atomic E-state index is 12.0. The van der Waals surface area contributed by atoms with Crippen LogP contribution >= 0.6 is 11.6 Å². The zero-order valence-corrected chi connectivity index (χ0v) is 6.92. The summed E-state index contributed by atoms with van der Waals surface area (Å²) in [5.74, 6) is -0.335. The number of halogens is 3. The molecule has 0 radical (unpaired) electrons. The van der Waals surface area contributed by atoms with E-state index in [2.05, 4.69) is 16.3 Å². The quantitative estimate of drug-likeness (QED) is 0.572. The summed E-state index contributed by atoms with van der Waals surface area (Å²) in [7, 11) is 0. The molecule has 0 saturated carbocycles. The number of nitrogens with one attached hydrogen (secondary N) is 1. The van der Waals surface area contributed by atoms with Crippen molar-refractivity contribution in [3.8, 4) is 5.75 Å². The van der Waals surface area contributed by atoms with Crippen LogP contribution in [0, 0.1) is 5.41 Å². The molecule has 0 aromatic carbocycles. The van der Waals surface area contributed by atoms with Crippen molar-refractivity contribution in [2.24, 2.45) is 0 Å². The van der Waals surface area contributed by atoms with Crippen molar-refractivity contribution in [3.63, 3.8) is 0 Å². The standard InChI is InChI=1S/C6H5ClF2N2O2/c7-6(8,9)13-4-1-2-5(10)11(12)3-4/h1-3,10,12H. The van der Waals surface area contributed by atoms with E-state index in [1.807, 2.05) is 0 Å². The van der Waals surface area contributed by atoms with E-state index in [9.17, 15) is 8.78 Å². The van der Waals surface area contributed by atoms with Crippen LogP contribution < -0.4 is 10.2 Å². The van der Waals surface area contributed by atoms with Gasteiger partial charge in [-0.15, -0.1) is 8.78 Å². The van der Waals surface area contributed by atoms with Gasteiger partial charge in [0.1, 0.15) is 5.75 Å². The van der Waals surface area contributed by atoms with Crippen LogP contribution in [0.2, 0.25) is 0 Å². The minimum absolute atomic E-state index is 0.259. The largest absolute Gasteiger partial charge is 0.487 e. The molecule has 72 valence electrons. The lowest BCUT2D eigenvalue weighted by molar-refractivity contribution is -0.0973. The zero-order valence-electron chi connectivity index (χ0n) is 6.17. The molecule has 0 aliphatic heterocycles. The average Bonchev–Trinajstić information content (AvgIpc) is 1.94. The van der Waals surface area contributed by atoms with Gasteiger partial charge in [0.05, 0.1) is 6.20 Å². The van der Waals surface area contributed by atoms with Gasteiger partial charge in [-0.3, -0.25) is 5.41 Å². The molecule has 0 unspecified atom stereocenters. The molecule has 4 nitrogen and oxygen atoms in total. The molecule has 13 heavy (non-hydrogen) atoms. The average molecular weight is 211 g/mol. The molecule has 0 atom stereocenters. The molecule has 0 fully saturated rings. The maximum Gasteiger partial charge on any atom is 0.487 e. The zero-order chi connectivity index (χ0) is 10.1. The Kier molecular flexibility index (Phi) is 2.42. The normalized spacial score (nSPS) is 11.3. The van der Waals surface area contributed by atoms with Crippen molar-refractivity contribution in [1.82, 2.24) is 4.73 Å². The van der Waals surface area contributed by atoms with Crippen molar-refractivity contribution >= 4 is 11.6 Å². The van der Waals surface area contributed by atoms with E-state index in [1.165, 1.54) is 0 Å². The molecule has 2 N–H and O–H groups in total. The highest BCUT2D eigenvalue weighted by atomic mass is 35.5. The SMILES string of the molecule is N=c1ccc(OC(F)(F)Cl)cn1O. The van der Waals surface area contributed by atoms with Crippen LogP contribution in [0.15, 0.2) is 18.3 Å². The molecule has 0 bridgehead atoms. The summed E-state index contributed by atoms with van der Waals surface area (Å²) in [6, 6.07) is 2.17. The van der Waals surface area contributed by atoms with E-state index in [0.29, 0.717) is 4.73 Å². The summed E-state index contributed by atoms with van der Waals surface area (Å²) in [4.78, 5) is 0. The van der Waals surface area contributed by atoms with Gasteiger partial charge in [-0.25, -0.2) is 0 Å². The van der Waals surface area contributed by atoms with Crippen molar-refractivity contribution in [3.05, 3.63) is 23.8 Å². The maximum atomic E-state index is 12.0. The second kappa shape index (κ2) is 3.21. The highest BCUT2D eigenvalue weighted by Crippen LogP contribution is 2.23. The summed E-state index contributed by atoms with van der Waals surface area (Å²) >= 11 is 4.47. The van der Waals surface area contributed by atoms with Crippen LogP contribution in [0.3, 0.4) is 0 Å². The first-order chi connectivity index (χ1) is 5.88. The third-order valence-electron chi connectivity index (χ3n) is 1.14. The Morgan fingerprint density at radius 1 is 1.54 bits per heavy atom. The lowest BCUT2D eigenvalue weighted by Gasteiger charge is -2.10. The van der Waals surface area contributed by atoms with E-state index in [1.54, 1.807) is 0 Å². The number of hydrogen-bond acceptors (Lipinski definition) is 3. The minimum Gasteiger partial charge on any atom is -0.427 e. The summed E-state index contributed by atoms with van der Waals surface area (Å²) < 4.78 is 28.3. The van der Waals surface area contributed by atoms with Crippen LogP contribution in [0.25, 0.3) is 0 Å². The lowest BCUT2D eigenvalue weighted by atomic mass is 10.4. The van der Waals surface area contributed by atoms with Gasteiger partial charge in [0, 0.05) is 11.6 Å². The summed E-state index contributed by atoms with van der Waals surface area (Å²) in [5.41, 5.74) is -4.08. The number of pyridine rings is 1. The van der Waals surface area contributed by atoms with Gasteiger partial charge in [0.15, 0.2) is 5.49 Å². The van der Waals surface area contributed by atoms with E-state index in [4.69, 9.17) is 10.6 Å². The fourth-order valence-electron chi connectivity index (χ4n) is 0.665. The predicted octanol–water partition coefficient (Wildman–Crippen LogP) is 1.37. The van der Waals surface area contributed by atoms with E-state index in [0.717, 1.165) is 18.3 Å². The molecule has 7 heteroatoms. The molecule has 1 heterocycles. The van der Waals surface area contributed by atoms with Crippen molar-refractivity contribution in [2.75, 3.05) is 0 Å². The first-order valence-electron chi connectivity index (χ1n) is 3.11. The highest BCUT2D eigenvalue weighted by Gasteiger charge is 2.27. The van der Waals surface area contributed by atoms with Gasteiger partial charge >= 0.3 is 5.57 Å². The number of rotatable bonds is 2. The Balaban J connectivity index is 2.92. The summed E-state index contributed by atoms with van der Waals surface area (Å²) in [6.45, 7) is 0. The molecule has 0 aliphatic carbocycles. The van der Waals surface area contributed by atoms with Crippen LogP contribution in [0.4, 0.5) is 8.78 Å². The fourth-order valence-corrected chi connectivity index (χ4v) is 0.754. The number of hydrogen-bond donors (Lipinski definition) is 2. The second-order valence-corrected chi connectivity index (χ2v) is 2.58. The first kappa shape index (κ1) is 9.79. The summed E-state index contributed by atoms with van der Waals surface area (Å²) in [5, 5.41) is 15.8. The van der Waals surface area contributed by atoms with E-state index in [-0.39, 0.29) is 11.2 Å². The van der Waals surface area contributed by atoms with Crippen molar-refractivity contribution < 1.29 is 18.7 Å². The summed E-state index contributed by atoms with van der Waals surface area (Å²) in [6.07, 6.45) is 0.804. The van der Waals surface area contributed by atoms with Gasteiger partial charge in [0.25, 0.3) is 0 Å². The third-order valence-corrected chi connectivity index (χ3v) is 1.21. The Morgan fingerprint density at radius 3 is 2.62 bits per heavy atom. The Bertz CT molecular complexity index is 360. The predicted molar refractivity (Wildman–Crippen MR) is 38.9 cm³/mol. The highest BCUT2D eigenvalue weighted by molar-refractivity contribution is 6.20. The molecule has 1 rings (SSSR count). The number of aromatic nitrogens is 1. The molecule has 0 aliphatic rings. The molecule has 1 aromatic rings. The molecular weight excluding hydrogens is 206 g/mol. The lowest BCUT2D eigenvalue weighted by Crippen LogP contribution is -2.20. The number of nitrogens with zero attached hydrogens (tertiary/aromatic N) is 1. The van der Waals surface area contributed by atoms with Crippen LogP contribution in [-0.2, 0) is 0 Å². The Morgan fingerprint density at radius 2 is 2.15 bits per heavy atom. The Hall–Kier alpha value is -1.30. The topological polar surface area (TPSA) is 58.2 Å². The van der Waals surface area contributed by atoms with Crippen molar-refractivity contribution in [1.29, 1.82) is 5.41 Å². The molecule has 1 aromatic heterocycles. The van der Waals surface area contributed by atoms with E-state index < -0.39 is 5.57 Å². The van der Waals surface area contributed by atoms with Gasteiger partial charge in [0.2, 0.25) is 0 Å². The smallest absolute Gasteiger partial charge is 0.427 e. The van der Waals surface area contributed by atoms with Gasteiger partial charge < -0.3 is 9.94 Å². The third kappa shape index (κ3) is 2.90. The van der Waals surface area contributed by atoms with Gasteiger partial charge in [-0.1, -0.05) is 0 Å². The van der Waals surface area contributed by atoms with Crippen LogP contribution in [-0.4, -0.2) is 15.5 Å².